The van der Waals surface area contributed by atoms with Crippen LogP contribution in [0.4, 0.5) is 5.69 Å². The Labute approximate surface area is 133 Å². The minimum atomic E-state index is -3.24. The van der Waals surface area contributed by atoms with Crippen LogP contribution >= 0.6 is 0 Å². The van der Waals surface area contributed by atoms with Crippen molar-refractivity contribution in [3.8, 4) is 0 Å². The smallest absolute Gasteiger partial charge is 0.229 e. The monoisotopic (exact) mass is 326 g/mol. The molecular weight excluding hydrogens is 300 g/mol. The van der Waals surface area contributed by atoms with E-state index in [4.69, 9.17) is 0 Å². The van der Waals surface area contributed by atoms with Crippen LogP contribution in [0.15, 0.2) is 24.3 Å². The summed E-state index contributed by atoms with van der Waals surface area (Å²) in [5.41, 5.74) is 1.63. The first-order chi connectivity index (χ1) is 10.3. The zero-order chi connectivity index (χ0) is 16.2. The standard InChI is InChI=1S/C16H26N2O3S/c1-12(17-11-16(19)14-5-3-4-6-14)13-7-9-15(10-8-13)18-22(2,20)21/h7-10,12,14,16-19H,3-6,11H2,1-2H3. The molecule has 0 spiro atoms. The minimum Gasteiger partial charge on any atom is -0.392 e. The lowest BCUT2D eigenvalue weighted by atomic mass is 10.0. The van der Waals surface area contributed by atoms with Crippen LogP contribution in [-0.4, -0.2) is 32.4 Å². The number of rotatable bonds is 7. The highest BCUT2D eigenvalue weighted by atomic mass is 32.2. The van der Waals surface area contributed by atoms with Crippen molar-refractivity contribution >= 4 is 15.7 Å². The van der Waals surface area contributed by atoms with E-state index in [0.717, 1.165) is 24.7 Å². The third kappa shape index (κ3) is 5.26. The lowest BCUT2D eigenvalue weighted by Gasteiger charge is -2.21. The van der Waals surface area contributed by atoms with Gasteiger partial charge >= 0.3 is 0 Å². The van der Waals surface area contributed by atoms with Crippen molar-refractivity contribution in [3.63, 3.8) is 0 Å². The molecule has 0 saturated heterocycles. The van der Waals surface area contributed by atoms with Crippen molar-refractivity contribution < 1.29 is 13.5 Å². The minimum absolute atomic E-state index is 0.114. The van der Waals surface area contributed by atoms with Gasteiger partial charge in [0.2, 0.25) is 10.0 Å². The molecule has 22 heavy (non-hydrogen) atoms. The Morgan fingerprint density at radius 3 is 2.36 bits per heavy atom. The molecular formula is C16H26N2O3S. The van der Waals surface area contributed by atoms with Gasteiger partial charge in [0.15, 0.2) is 0 Å². The molecule has 1 aliphatic rings. The van der Waals surface area contributed by atoms with E-state index in [1.807, 2.05) is 19.1 Å². The number of sulfonamides is 1. The molecule has 1 saturated carbocycles. The van der Waals surface area contributed by atoms with Crippen molar-refractivity contribution in [2.24, 2.45) is 5.92 Å². The summed E-state index contributed by atoms with van der Waals surface area (Å²) in [6, 6.07) is 7.41. The fraction of sp³-hybridized carbons (Fsp3) is 0.625. The predicted molar refractivity (Wildman–Crippen MR) is 89.3 cm³/mol. The van der Waals surface area contributed by atoms with Crippen LogP contribution in [0.2, 0.25) is 0 Å². The van der Waals surface area contributed by atoms with Crippen LogP contribution < -0.4 is 10.0 Å². The van der Waals surface area contributed by atoms with Gasteiger partial charge in [-0.1, -0.05) is 25.0 Å². The Kier molecular flexibility index (Phi) is 5.83. The molecule has 2 atom stereocenters. The van der Waals surface area contributed by atoms with Gasteiger partial charge in [-0.2, -0.15) is 0 Å². The third-order valence-corrected chi connectivity index (χ3v) is 4.90. The highest BCUT2D eigenvalue weighted by Crippen LogP contribution is 2.27. The number of aliphatic hydroxyl groups is 1. The van der Waals surface area contributed by atoms with Crippen LogP contribution in [0.3, 0.4) is 0 Å². The average molecular weight is 326 g/mol. The van der Waals surface area contributed by atoms with Gasteiger partial charge in [0.25, 0.3) is 0 Å². The zero-order valence-corrected chi connectivity index (χ0v) is 14.1. The van der Waals surface area contributed by atoms with Crippen LogP contribution in [0.1, 0.15) is 44.2 Å². The van der Waals surface area contributed by atoms with Gasteiger partial charge in [0, 0.05) is 18.3 Å². The van der Waals surface area contributed by atoms with Crippen molar-refractivity contribution in [1.82, 2.24) is 5.32 Å². The summed E-state index contributed by atoms with van der Waals surface area (Å²) in [6.07, 6.45) is 5.57. The Morgan fingerprint density at radius 1 is 1.23 bits per heavy atom. The Bertz CT molecular complexity index is 566. The highest BCUT2D eigenvalue weighted by molar-refractivity contribution is 7.92. The molecule has 0 aromatic heterocycles. The van der Waals surface area contributed by atoms with Gasteiger partial charge in [0.05, 0.1) is 12.4 Å². The Morgan fingerprint density at radius 2 is 1.82 bits per heavy atom. The number of aliphatic hydroxyl groups excluding tert-OH is 1. The van der Waals surface area contributed by atoms with E-state index in [2.05, 4.69) is 10.0 Å². The number of benzene rings is 1. The largest absolute Gasteiger partial charge is 0.392 e. The second-order valence-corrected chi connectivity index (χ2v) is 7.99. The molecule has 2 rings (SSSR count). The van der Waals surface area contributed by atoms with Crippen LogP contribution in [0, 0.1) is 5.92 Å². The first kappa shape index (κ1) is 17.2. The van der Waals surface area contributed by atoms with Crippen molar-refractivity contribution in [3.05, 3.63) is 29.8 Å². The van der Waals surface area contributed by atoms with Gasteiger partial charge < -0.3 is 10.4 Å². The van der Waals surface area contributed by atoms with Gasteiger partial charge in [-0.05, 0) is 43.4 Å². The molecule has 0 heterocycles. The van der Waals surface area contributed by atoms with Crippen molar-refractivity contribution in [1.29, 1.82) is 0 Å². The van der Waals surface area contributed by atoms with Gasteiger partial charge in [-0.25, -0.2) is 8.42 Å². The summed E-state index contributed by atoms with van der Waals surface area (Å²) in [6.45, 7) is 2.63. The molecule has 3 N–H and O–H groups in total. The molecule has 1 aliphatic carbocycles. The maximum atomic E-state index is 11.2. The summed E-state index contributed by atoms with van der Waals surface area (Å²) in [7, 11) is -3.24. The summed E-state index contributed by atoms with van der Waals surface area (Å²) < 4.78 is 24.8. The number of anilines is 1. The van der Waals surface area contributed by atoms with E-state index in [-0.39, 0.29) is 12.1 Å². The number of hydrogen-bond acceptors (Lipinski definition) is 4. The second kappa shape index (κ2) is 7.44. The molecule has 0 radical (unpaired) electrons. The molecule has 124 valence electrons. The number of nitrogens with one attached hydrogen (secondary N) is 2. The predicted octanol–water partition coefficient (Wildman–Crippen LogP) is 2.26. The van der Waals surface area contributed by atoms with Gasteiger partial charge in [-0.3, -0.25) is 4.72 Å². The normalized spacial score (nSPS) is 19.0. The molecule has 2 unspecified atom stereocenters. The summed E-state index contributed by atoms with van der Waals surface area (Å²) in [5.74, 6) is 0.432. The SMILES string of the molecule is CC(NCC(O)C1CCCC1)c1ccc(NS(C)(=O)=O)cc1. The van der Waals surface area contributed by atoms with E-state index >= 15 is 0 Å². The topological polar surface area (TPSA) is 78.4 Å². The summed E-state index contributed by atoms with van der Waals surface area (Å²) >= 11 is 0. The quantitative estimate of drug-likeness (QED) is 0.718. The van der Waals surface area contributed by atoms with E-state index < -0.39 is 10.0 Å². The molecule has 0 aliphatic heterocycles. The van der Waals surface area contributed by atoms with E-state index in [0.29, 0.717) is 18.2 Å². The van der Waals surface area contributed by atoms with Crippen molar-refractivity contribution in [2.45, 2.75) is 44.8 Å². The molecule has 0 bridgehead atoms. The molecule has 1 aromatic rings. The molecule has 0 amide bonds. The first-order valence-electron chi connectivity index (χ1n) is 7.84. The fourth-order valence-electron chi connectivity index (χ4n) is 2.98. The van der Waals surface area contributed by atoms with Crippen LogP contribution in [0.5, 0.6) is 0 Å². The molecule has 1 fully saturated rings. The number of hydrogen-bond donors (Lipinski definition) is 3. The highest BCUT2D eigenvalue weighted by Gasteiger charge is 2.23. The lowest BCUT2D eigenvalue weighted by molar-refractivity contribution is 0.106. The molecule has 1 aromatic carbocycles. The van der Waals surface area contributed by atoms with Crippen molar-refractivity contribution in [2.75, 3.05) is 17.5 Å². The van der Waals surface area contributed by atoms with E-state index in [1.54, 1.807) is 12.1 Å². The maximum absolute atomic E-state index is 11.2. The summed E-state index contributed by atoms with van der Waals surface area (Å²) in [4.78, 5) is 0. The Hall–Kier alpha value is -1.11. The average Bonchev–Trinajstić information content (AvgIpc) is 2.97. The Balaban J connectivity index is 1.85. The van der Waals surface area contributed by atoms with Crippen LogP contribution in [0.25, 0.3) is 0 Å². The van der Waals surface area contributed by atoms with E-state index in [9.17, 15) is 13.5 Å². The lowest BCUT2D eigenvalue weighted by Crippen LogP contribution is -2.33. The maximum Gasteiger partial charge on any atom is 0.229 e. The second-order valence-electron chi connectivity index (χ2n) is 6.24. The fourth-order valence-corrected chi connectivity index (χ4v) is 3.54. The molecule has 5 nitrogen and oxygen atoms in total. The zero-order valence-electron chi connectivity index (χ0n) is 13.2. The molecule has 6 heteroatoms. The van der Waals surface area contributed by atoms with Gasteiger partial charge in [-0.15, -0.1) is 0 Å². The summed E-state index contributed by atoms with van der Waals surface area (Å²) in [5, 5.41) is 13.5. The van der Waals surface area contributed by atoms with Gasteiger partial charge in [0.1, 0.15) is 0 Å². The van der Waals surface area contributed by atoms with Crippen LogP contribution in [-0.2, 0) is 10.0 Å². The van der Waals surface area contributed by atoms with E-state index in [1.165, 1.54) is 12.8 Å². The first-order valence-corrected chi connectivity index (χ1v) is 9.73. The third-order valence-electron chi connectivity index (χ3n) is 4.29.